The fourth-order valence-electron chi connectivity index (χ4n) is 2.68. The van der Waals surface area contributed by atoms with Gasteiger partial charge in [0.05, 0.1) is 4.92 Å². The van der Waals surface area contributed by atoms with Gasteiger partial charge in [-0.15, -0.1) is 0 Å². The second-order valence-corrected chi connectivity index (χ2v) is 8.21. The Morgan fingerprint density at radius 3 is 2.35 bits per heavy atom. The maximum Gasteiger partial charge on any atom is 0.289 e. The van der Waals surface area contributed by atoms with Crippen LogP contribution in [0.2, 0.25) is 0 Å². The fourth-order valence-corrected chi connectivity index (χ4v) is 4.57. The van der Waals surface area contributed by atoms with E-state index in [4.69, 9.17) is 4.42 Å². The molecule has 1 aromatic heterocycles. The zero-order valence-corrected chi connectivity index (χ0v) is 15.8. The molecule has 9 nitrogen and oxygen atoms in total. The van der Waals surface area contributed by atoms with Gasteiger partial charge in [-0.25, -0.2) is 8.42 Å². The van der Waals surface area contributed by atoms with Crippen molar-refractivity contribution < 1.29 is 22.6 Å². The van der Waals surface area contributed by atoms with Crippen LogP contribution in [0, 0.1) is 10.1 Å². The number of sulfonamides is 1. The average Bonchev–Trinajstić information content (AvgIpc) is 3.07. The zero-order chi connectivity index (χ0) is 18.9. The molecule has 0 unspecified atom stereocenters. The van der Waals surface area contributed by atoms with Crippen LogP contribution in [0.4, 0.5) is 5.69 Å². The molecule has 1 saturated heterocycles. The lowest BCUT2D eigenvalue weighted by Crippen LogP contribution is -2.50. The van der Waals surface area contributed by atoms with Crippen molar-refractivity contribution in [3.8, 4) is 0 Å². The number of piperazine rings is 1. The third-order valence-electron chi connectivity index (χ3n) is 3.99. The molecule has 2 aromatic rings. The molecule has 0 spiro atoms. The lowest BCUT2D eigenvalue weighted by atomic mass is 10.3. The van der Waals surface area contributed by atoms with E-state index in [0.717, 1.165) is 10.4 Å². The van der Waals surface area contributed by atoms with Crippen molar-refractivity contribution in [2.75, 3.05) is 26.2 Å². The quantitative estimate of drug-likeness (QED) is 0.527. The van der Waals surface area contributed by atoms with Gasteiger partial charge >= 0.3 is 0 Å². The Hall–Kier alpha value is -2.24. The van der Waals surface area contributed by atoms with E-state index in [0.29, 0.717) is 4.67 Å². The molecule has 26 heavy (non-hydrogen) atoms. The predicted octanol–water partition coefficient (Wildman–Crippen LogP) is 2.10. The summed E-state index contributed by atoms with van der Waals surface area (Å²) in [5.41, 5.74) is -0.466. The third kappa shape index (κ3) is 3.50. The van der Waals surface area contributed by atoms with Crippen molar-refractivity contribution in [1.82, 2.24) is 9.21 Å². The number of halogens is 1. The number of nitrogens with zero attached hydrogens (tertiary/aromatic N) is 3. The summed E-state index contributed by atoms with van der Waals surface area (Å²) in [6, 6.07) is 8.35. The highest BCUT2D eigenvalue weighted by Crippen LogP contribution is 2.27. The minimum absolute atomic E-state index is 0.0437. The van der Waals surface area contributed by atoms with Gasteiger partial charge in [-0.3, -0.25) is 14.9 Å². The molecular weight excluding hydrogens is 430 g/mol. The van der Waals surface area contributed by atoms with E-state index in [2.05, 4.69) is 15.9 Å². The minimum Gasteiger partial charge on any atom is -0.444 e. The van der Waals surface area contributed by atoms with Gasteiger partial charge in [0.25, 0.3) is 11.6 Å². The highest BCUT2D eigenvalue weighted by Gasteiger charge is 2.34. The van der Waals surface area contributed by atoms with Crippen molar-refractivity contribution in [2.45, 2.75) is 4.90 Å². The molecule has 3 rings (SSSR count). The van der Waals surface area contributed by atoms with Crippen LogP contribution in [-0.2, 0) is 10.0 Å². The second kappa shape index (κ2) is 7.17. The van der Waals surface area contributed by atoms with Crippen LogP contribution in [0.25, 0.3) is 0 Å². The Kier molecular flexibility index (Phi) is 5.12. The Labute approximate surface area is 157 Å². The Balaban J connectivity index is 1.75. The number of hydrogen-bond donors (Lipinski definition) is 0. The average molecular weight is 444 g/mol. The number of hydrogen-bond acceptors (Lipinski definition) is 6. The number of benzene rings is 1. The number of rotatable bonds is 4. The molecule has 0 N–H and O–H groups in total. The van der Waals surface area contributed by atoms with E-state index in [1.165, 1.54) is 29.2 Å². The lowest BCUT2D eigenvalue weighted by Gasteiger charge is -2.33. The summed E-state index contributed by atoms with van der Waals surface area (Å²) in [6.07, 6.45) is 0. The van der Waals surface area contributed by atoms with Crippen molar-refractivity contribution in [3.63, 3.8) is 0 Å². The van der Waals surface area contributed by atoms with E-state index in [1.54, 1.807) is 6.07 Å². The number of para-hydroxylation sites is 1. The summed E-state index contributed by atoms with van der Waals surface area (Å²) in [4.78, 5) is 23.9. The standard InChI is InChI=1S/C15H14BrN3O6S/c16-14-6-5-12(25-14)15(20)17-7-9-18(10-8-17)26(23,24)13-4-2-1-3-11(13)19(21)22/h1-6H,7-10H2. The number of carbonyl (C=O) groups is 1. The first-order chi connectivity index (χ1) is 12.3. The van der Waals surface area contributed by atoms with Crippen molar-refractivity contribution in [3.05, 3.63) is 56.9 Å². The number of furan rings is 1. The summed E-state index contributed by atoms with van der Waals surface area (Å²) in [5.74, 6) is -0.176. The molecule has 0 atom stereocenters. The SMILES string of the molecule is O=C(c1ccc(Br)o1)N1CCN(S(=O)(=O)c2ccccc2[N+](=O)[O-])CC1. The van der Waals surface area contributed by atoms with Crippen molar-refractivity contribution >= 4 is 37.5 Å². The highest BCUT2D eigenvalue weighted by atomic mass is 79.9. The number of nitro groups is 1. The van der Waals surface area contributed by atoms with Crippen LogP contribution < -0.4 is 0 Å². The van der Waals surface area contributed by atoms with Crippen LogP contribution in [-0.4, -0.2) is 54.6 Å². The van der Waals surface area contributed by atoms with Crippen LogP contribution >= 0.6 is 15.9 Å². The second-order valence-electron chi connectivity index (χ2n) is 5.52. The third-order valence-corrected chi connectivity index (χ3v) is 6.36. The normalized spacial score (nSPS) is 15.8. The number of nitro benzene ring substituents is 1. The molecule has 0 saturated carbocycles. The van der Waals surface area contributed by atoms with Gasteiger partial charge in [0.1, 0.15) is 0 Å². The van der Waals surface area contributed by atoms with Gasteiger partial charge in [-0.05, 0) is 34.1 Å². The summed E-state index contributed by atoms with van der Waals surface area (Å²) in [5, 5.41) is 11.1. The number of carbonyl (C=O) groups excluding carboxylic acids is 1. The first kappa shape index (κ1) is 18.5. The smallest absolute Gasteiger partial charge is 0.289 e. The van der Waals surface area contributed by atoms with Gasteiger partial charge < -0.3 is 9.32 Å². The van der Waals surface area contributed by atoms with Gasteiger partial charge in [-0.1, -0.05) is 12.1 Å². The summed E-state index contributed by atoms with van der Waals surface area (Å²) in [6.45, 7) is 0.415. The topological polar surface area (TPSA) is 114 Å². The molecular formula is C15H14BrN3O6S. The fraction of sp³-hybridized carbons (Fsp3) is 0.267. The molecule has 2 heterocycles. The molecule has 138 valence electrons. The van der Waals surface area contributed by atoms with E-state index in [1.807, 2.05) is 0 Å². The summed E-state index contributed by atoms with van der Waals surface area (Å²) >= 11 is 3.12. The summed E-state index contributed by atoms with van der Waals surface area (Å²) < 4.78 is 32.3. The Morgan fingerprint density at radius 2 is 1.77 bits per heavy atom. The first-order valence-corrected chi connectivity index (χ1v) is 9.82. The van der Waals surface area contributed by atoms with Gasteiger partial charge in [0, 0.05) is 32.2 Å². The molecule has 1 fully saturated rings. The molecule has 1 aromatic carbocycles. The zero-order valence-electron chi connectivity index (χ0n) is 13.4. The van der Waals surface area contributed by atoms with Gasteiger partial charge in [0.15, 0.2) is 15.3 Å². The van der Waals surface area contributed by atoms with Crippen LogP contribution in [0.5, 0.6) is 0 Å². The minimum atomic E-state index is -4.02. The van der Waals surface area contributed by atoms with Crippen LogP contribution in [0.1, 0.15) is 10.6 Å². The molecule has 11 heteroatoms. The maximum atomic E-state index is 12.8. The highest BCUT2D eigenvalue weighted by molar-refractivity contribution is 9.10. The first-order valence-electron chi connectivity index (χ1n) is 7.59. The van der Waals surface area contributed by atoms with Crippen molar-refractivity contribution in [1.29, 1.82) is 0 Å². The number of amides is 1. The Morgan fingerprint density at radius 1 is 1.12 bits per heavy atom. The van der Waals surface area contributed by atoms with Gasteiger partial charge in [-0.2, -0.15) is 4.31 Å². The predicted molar refractivity (Wildman–Crippen MR) is 94.2 cm³/mol. The van der Waals surface area contributed by atoms with Crippen LogP contribution in [0.15, 0.2) is 50.4 Å². The van der Waals surface area contributed by atoms with E-state index in [-0.39, 0.29) is 42.7 Å². The molecule has 1 amide bonds. The lowest BCUT2D eigenvalue weighted by molar-refractivity contribution is -0.387. The van der Waals surface area contributed by atoms with Crippen molar-refractivity contribution in [2.24, 2.45) is 0 Å². The molecule has 1 aliphatic heterocycles. The van der Waals surface area contributed by atoms with E-state index >= 15 is 0 Å². The molecule has 0 bridgehead atoms. The molecule has 1 aliphatic rings. The van der Waals surface area contributed by atoms with E-state index in [9.17, 15) is 23.3 Å². The monoisotopic (exact) mass is 443 g/mol. The largest absolute Gasteiger partial charge is 0.444 e. The van der Waals surface area contributed by atoms with E-state index < -0.39 is 20.6 Å². The van der Waals surface area contributed by atoms with Gasteiger partial charge in [0.2, 0.25) is 10.0 Å². The Bertz CT molecular complexity index is 950. The van der Waals surface area contributed by atoms with Crippen LogP contribution in [0.3, 0.4) is 0 Å². The maximum absolute atomic E-state index is 12.8. The molecule has 0 aliphatic carbocycles. The molecule has 0 radical (unpaired) electrons. The summed E-state index contributed by atoms with van der Waals surface area (Å²) in [7, 11) is -4.02.